The highest BCUT2D eigenvalue weighted by molar-refractivity contribution is 5.95. The molecule has 0 unspecified atom stereocenters. The summed E-state index contributed by atoms with van der Waals surface area (Å²) < 4.78 is 16.3. The van der Waals surface area contributed by atoms with Gasteiger partial charge in [0.25, 0.3) is 5.91 Å². The molecule has 0 aliphatic heterocycles. The van der Waals surface area contributed by atoms with E-state index in [4.69, 9.17) is 14.2 Å². The Hall–Kier alpha value is -4.13. The van der Waals surface area contributed by atoms with Crippen LogP contribution in [0.4, 0.5) is 0 Å². The molecule has 0 saturated heterocycles. The maximum absolute atomic E-state index is 12.5. The van der Waals surface area contributed by atoms with Crippen LogP contribution in [0.3, 0.4) is 0 Å². The molecule has 0 aromatic heterocycles. The van der Waals surface area contributed by atoms with Gasteiger partial charge in [0.05, 0.1) is 25.5 Å². The maximum atomic E-state index is 12.5. The van der Waals surface area contributed by atoms with Crippen LogP contribution in [0.2, 0.25) is 0 Å². The van der Waals surface area contributed by atoms with Crippen molar-refractivity contribution >= 4 is 18.1 Å². The minimum Gasteiger partial charge on any atom is -0.497 e. The van der Waals surface area contributed by atoms with Crippen molar-refractivity contribution in [1.29, 1.82) is 0 Å². The van der Waals surface area contributed by atoms with Crippen LogP contribution in [0.15, 0.2) is 71.8 Å². The average molecular weight is 475 g/mol. The summed E-state index contributed by atoms with van der Waals surface area (Å²) in [5.41, 5.74) is 5.26. The molecule has 182 valence electrons. The van der Waals surface area contributed by atoms with Gasteiger partial charge in [-0.15, -0.1) is 0 Å². The van der Waals surface area contributed by atoms with E-state index in [9.17, 15) is 9.59 Å². The molecular weight excluding hydrogens is 444 g/mol. The molecule has 0 saturated carbocycles. The summed E-state index contributed by atoms with van der Waals surface area (Å²) >= 11 is 0. The van der Waals surface area contributed by atoms with Crippen LogP contribution in [0, 0.1) is 0 Å². The molecule has 3 aromatic rings. The lowest BCUT2D eigenvalue weighted by atomic mass is 9.87. The van der Waals surface area contributed by atoms with E-state index >= 15 is 0 Å². The van der Waals surface area contributed by atoms with Gasteiger partial charge in [-0.1, -0.05) is 32.9 Å². The maximum Gasteiger partial charge on any atom is 0.343 e. The molecule has 0 aliphatic carbocycles. The molecule has 0 fully saturated rings. The fourth-order valence-electron chi connectivity index (χ4n) is 3.20. The van der Waals surface area contributed by atoms with E-state index < -0.39 is 5.97 Å². The number of nitrogens with one attached hydrogen (secondary N) is 1. The van der Waals surface area contributed by atoms with Crippen molar-refractivity contribution in [2.24, 2.45) is 5.10 Å². The summed E-state index contributed by atoms with van der Waals surface area (Å²) in [7, 11) is 1.56. The van der Waals surface area contributed by atoms with E-state index in [2.05, 4.69) is 31.3 Å². The van der Waals surface area contributed by atoms with Gasteiger partial charge in [-0.3, -0.25) is 4.79 Å². The number of ether oxygens (including phenoxy) is 3. The third-order valence-electron chi connectivity index (χ3n) is 5.19. The Morgan fingerprint density at radius 3 is 2.17 bits per heavy atom. The summed E-state index contributed by atoms with van der Waals surface area (Å²) in [6.07, 6.45) is 1.50. The second kappa shape index (κ2) is 11.3. The molecule has 3 aromatic carbocycles. The Balaban J connectivity index is 1.67. The number of methoxy groups -OCH3 is 1. The van der Waals surface area contributed by atoms with Crippen LogP contribution >= 0.6 is 0 Å². The highest BCUT2D eigenvalue weighted by Crippen LogP contribution is 2.29. The first-order valence-electron chi connectivity index (χ1n) is 11.3. The Bertz CT molecular complexity index is 1190. The second-order valence-electron chi connectivity index (χ2n) is 8.78. The SMILES string of the molecule is CCOc1cc(/C=N/NC(=O)c2ccc(C(C)(C)C)cc2)ccc1OC(=O)c1ccc(OC)cc1. The van der Waals surface area contributed by atoms with E-state index in [-0.39, 0.29) is 17.1 Å². The predicted octanol–water partition coefficient (Wildman–Crippen LogP) is 5.37. The van der Waals surface area contributed by atoms with Crippen LogP contribution in [0.25, 0.3) is 0 Å². The summed E-state index contributed by atoms with van der Waals surface area (Å²) in [6, 6.07) is 19.1. The lowest BCUT2D eigenvalue weighted by Crippen LogP contribution is -2.18. The van der Waals surface area contributed by atoms with Gasteiger partial charge in [0.2, 0.25) is 0 Å². The highest BCUT2D eigenvalue weighted by Gasteiger charge is 2.15. The summed E-state index contributed by atoms with van der Waals surface area (Å²) in [5.74, 6) is 0.501. The van der Waals surface area contributed by atoms with E-state index in [0.717, 1.165) is 5.56 Å². The fourth-order valence-corrected chi connectivity index (χ4v) is 3.20. The molecule has 0 spiro atoms. The number of hydrazone groups is 1. The molecular formula is C28H30N2O5. The Labute approximate surface area is 205 Å². The lowest BCUT2D eigenvalue weighted by molar-refractivity contribution is 0.0728. The molecule has 1 amide bonds. The topological polar surface area (TPSA) is 86.2 Å². The standard InChI is InChI=1S/C28H30N2O5/c1-6-34-25-17-19(7-16-24(25)35-27(32)21-10-14-23(33-5)15-11-21)18-29-30-26(31)20-8-12-22(13-9-20)28(2,3)4/h7-18H,6H2,1-5H3,(H,30,31)/b29-18+. The molecule has 7 nitrogen and oxygen atoms in total. The minimum absolute atomic E-state index is 0.0144. The molecule has 0 aliphatic rings. The summed E-state index contributed by atoms with van der Waals surface area (Å²) in [6.45, 7) is 8.58. The van der Waals surface area contributed by atoms with Crippen LogP contribution in [-0.2, 0) is 5.41 Å². The normalized spacial score (nSPS) is 11.2. The summed E-state index contributed by atoms with van der Waals surface area (Å²) in [5, 5.41) is 4.05. The minimum atomic E-state index is -0.514. The van der Waals surface area contributed by atoms with Crippen molar-refractivity contribution in [1.82, 2.24) is 5.43 Å². The number of hydrogen-bond acceptors (Lipinski definition) is 6. The van der Waals surface area contributed by atoms with Gasteiger partial charge in [-0.2, -0.15) is 5.10 Å². The number of hydrogen-bond donors (Lipinski definition) is 1. The number of amides is 1. The third kappa shape index (κ3) is 6.93. The number of rotatable bonds is 8. The number of benzene rings is 3. The molecule has 3 rings (SSSR count). The zero-order valence-corrected chi connectivity index (χ0v) is 20.6. The van der Waals surface area contributed by atoms with Gasteiger partial charge in [-0.25, -0.2) is 10.2 Å². The smallest absolute Gasteiger partial charge is 0.343 e. The highest BCUT2D eigenvalue weighted by atomic mass is 16.6. The van der Waals surface area contributed by atoms with Crippen LogP contribution in [0.5, 0.6) is 17.2 Å². The number of carbonyl (C=O) groups is 2. The van der Waals surface area contributed by atoms with Gasteiger partial charge >= 0.3 is 5.97 Å². The van der Waals surface area contributed by atoms with Gasteiger partial charge in [0.1, 0.15) is 5.75 Å². The zero-order chi connectivity index (χ0) is 25.4. The van der Waals surface area contributed by atoms with Gasteiger partial charge < -0.3 is 14.2 Å². The zero-order valence-electron chi connectivity index (χ0n) is 20.6. The largest absolute Gasteiger partial charge is 0.497 e. The lowest BCUT2D eigenvalue weighted by Gasteiger charge is -2.18. The Kier molecular flexibility index (Phi) is 8.25. The molecule has 0 heterocycles. The van der Waals surface area contributed by atoms with Crippen LogP contribution in [-0.4, -0.2) is 31.8 Å². The first-order valence-corrected chi connectivity index (χ1v) is 11.3. The van der Waals surface area contributed by atoms with Crippen LogP contribution in [0.1, 0.15) is 59.5 Å². The first-order chi connectivity index (χ1) is 16.7. The van der Waals surface area contributed by atoms with Gasteiger partial charge in [0.15, 0.2) is 11.5 Å². The molecule has 7 heteroatoms. The van der Waals surface area contributed by atoms with Gasteiger partial charge in [-0.05, 0) is 78.1 Å². The van der Waals surface area contributed by atoms with Crippen molar-refractivity contribution in [2.75, 3.05) is 13.7 Å². The van der Waals surface area contributed by atoms with Crippen molar-refractivity contribution in [3.05, 3.63) is 89.0 Å². The van der Waals surface area contributed by atoms with E-state index in [1.807, 2.05) is 19.1 Å². The van der Waals surface area contributed by atoms with Crippen molar-refractivity contribution in [3.63, 3.8) is 0 Å². The second-order valence-corrected chi connectivity index (χ2v) is 8.78. The monoisotopic (exact) mass is 474 g/mol. The number of esters is 1. The first kappa shape index (κ1) is 25.5. The van der Waals surface area contributed by atoms with E-state index in [1.54, 1.807) is 61.7 Å². The van der Waals surface area contributed by atoms with Crippen molar-refractivity contribution < 1.29 is 23.8 Å². The fraction of sp³-hybridized carbons (Fsp3) is 0.250. The molecule has 1 N–H and O–H groups in total. The average Bonchev–Trinajstić information content (AvgIpc) is 2.85. The molecule has 0 radical (unpaired) electrons. The predicted molar refractivity (Wildman–Crippen MR) is 136 cm³/mol. The van der Waals surface area contributed by atoms with Gasteiger partial charge in [0, 0.05) is 5.56 Å². The Morgan fingerprint density at radius 1 is 0.914 bits per heavy atom. The van der Waals surface area contributed by atoms with E-state index in [0.29, 0.717) is 34.8 Å². The number of carbonyl (C=O) groups excluding carboxylic acids is 2. The molecule has 35 heavy (non-hydrogen) atoms. The quantitative estimate of drug-likeness (QED) is 0.205. The number of nitrogens with zero attached hydrogens (tertiary/aromatic N) is 1. The van der Waals surface area contributed by atoms with Crippen molar-refractivity contribution in [2.45, 2.75) is 33.1 Å². The molecule has 0 atom stereocenters. The molecule has 0 bridgehead atoms. The van der Waals surface area contributed by atoms with Crippen LogP contribution < -0.4 is 19.6 Å². The van der Waals surface area contributed by atoms with E-state index in [1.165, 1.54) is 6.21 Å². The van der Waals surface area contributed by atoms with Crippen molar-refractivity contribution in [3.8, 4) is 17.2 Å². The Morgan fingerprint density at radius 2 is 1.57 bits per heavy atom. The summed E-state index contributed by atoms with van der Waals surface area (Å²) in [4.78, 5) is 24.9. The third-order valence-corrected chi connectivity index (χ3v) is 5.19.